The second-order valence-electron chi connectivity index (χ2n) is 11.1. The first-order valence-electron chi connectivity index (χ1n) is 14.2. The highest BCUT2D eigenvalue weighted by Gasteiger charge is 2.77. The summed E-state index contributed by atoms with van der Waals surface area (Å²) in [4.78, 5) is 45.9. The van der Waals surface area contributed by atoms with E-state index in [9.17, 15) is 19.5 Å². The molecule has 8 nitrogen and oxygen atoms in total. The van der Waals surface area contributed by atoms with E-state index in [0.717, 1.165) is 6.42 Å². The number of benzene rings is 1. The van der Waals surface area contributed by atoms with Crippen LogP contribution < -0.4 is 9.64 Å². The molecular weight excluding hydrogens is 528 g/mol. The number of likely N-dealkylation sites (tertiary alicyclic amines) is 1. The van der Waals surface area contributed by atoms with Crippen LogP contribution in [0.4, 0.5) is 5.69 Å². The van der Waals surface area contributed by atoms with E-state index in [2.05, 4.69) is 20.1 Å². The van der Waals surface area contributed by atoms with E-state index in [1.807, 2.05) is 26.0 Å². The smallest absolute Gasteiger partial charge is 0.310 e. The number of esters is 1. The predicted octanol–water partition coefficient (Wildman–Crippen LogP) is 4.08. The zero-order valence-electron chi connectivity index (χ0n) is 24.0. The molecule has 40 heavy (non-hydrogen) atoms. The summed E-state index contributed by atoms with van der Waals surface area (Å²) in [6.45, 7) is 13.8. The van der Waals surface area contributed by atoms with Crippen molar-refractivity contribution in [3.05, 3.63) is 49.6 Å². The van der Waals surface area contributed by atoms with Crippen LogP contribution in [-0.2, 0) is 19.1 Å². The number of aliphatic hydroxyl groups is 1. The number of hydrogen-bond acceptors (Lipinski definition) is 7. The molecule has 3 aliphatic rings. The molecular formula is C31H42N2O6S. The van der Waals surface area contributed by atoms with Crippen LogP contribution in [0.25, 0.3) is 0 Å². The fraction of sp³-hybridized carbons (Fsp3) is 0.581. The van der Waals surface area contributed by atoms with Gasteiger partial charge in [0.05, 0.1) is 42.9 Å². The maximum absolute atomic E-state index is 14.8. The van der Waals surface area contributed by atoms with E-state index in [1.54, 1.807) is 53.0 Å². The Morgan fingerprint density at radius 1 is 1.27 bits per heavy atom. The Morgan fingerprint density at radius 2 is 1.98 bits per heavy atom. The summed E-state index contributed by atoms with van der Waals surface area (Å²) in [6, 6.07) is 5.81. The van der Waals surface area contributed by atoms with Crippen molar-refractivity contribution < 1.29 is 29.0 Å². The highest BCUT2D eigenvalue weighted by molar-refractivity contribution is 8.02. The minimum atomic E-state index is -0.853. The third-order valence-corrected chi connectivity index (χ3v) is 11.1. The number of amides is 2. The molecule has 3 heterocycles. The fourth-order valence-corrected chi connectivity index (χ4v) is 9.27. The van der Waals surface area contributed by atoms with Gasteiger partial charge in [0.15, 0.2) is 0 Å². The SMILES string of the molecule is C=CCCOC(=O)[C@@H]1[C@@H]2CC(C)C3(S2)C(C(=O)N(CC=C)c2ccc(OC)cc2)N([C@@H](CO)[C@@H](C)CC)C(=O)[C@H]13. The molecule has 3 aliphatic heterocycles. The average molecular weight is 571 g/mol. The third kappa shape index (κ3) is 4.85. The highest BCUT2D eigenvalue weighted by Crippen LogP contribution is 2.69. The van der Waals surface area contributed by atoms with Crippen molar-refractivity contribution in [3.8, 4) is 5.75 Å². The molecule has 1 aromatic rings. The number of hydrogen-bond donors (Lipinski definition) is 1. The van der Waals surface area contributed by atoms with Crippen LogP contribution in [0.15, 0.2) is 49.6 Å². The number of anilines is 1. The summed E-state index contributed by atoms with van der Waals surface area (Å²) in [6.07, 6.45) is 5.32. The third-order valence-electron chi connectivity index (χ3n) is 9.06. The van der Waals surface area contributed by atoms with Crippen LogP contribution in [0.3, 0.4) is 0 Å². The van der Waals surface area contributed by atoms with Gasteiger partial charge in [0.1, 0.15) is 11.8 Å². The normalized spacial score (nSPS) is 30.0. The minimum absolute atomic E-state index is 0.00495. The van der Waals surface area contributed by atoms with Crippen molar-refractivity contribution in [2.24, 2.45) is 23.7 Å². The number of aliphatic hydroxyl groups excluding tert-OH is 1. The zero-order chi connectivity index (χ0) is 29.2. The number of carbonyl (C=O) groups is 3. The van der Waals surface area contributed by atoms with Crippen molar-refractivity contribution >= 4 is 35.2 Å². The molecule has 9 heteroatoms. The van der Waals surface area contributed by atoms with Crippen LogP contribution in [0.1, 0.15) is 40.0 Å². The summed E-state index contributed by atoms with van der Waals surface area (Å²) in [5.74, 6) is -1.57. The van der Waals surface area contributed by atoms with E-state index < -0.39 is 28.7 Å². The monoisotopic (exact) mass is 570 g/mol. The minimum Gasteiger partial charge on any atom is -0.497 e. The maximum Gasteiger partial charge on any atom is 0.310 e. The molecule has 3 fully saturated rings. The van der Waals surface area contributed by atoms with Gasteiger partial charge in [-0.1, -0.05) is 39.3 Å². The number of nitrogens with zero attached hydrogens (tertiary/aromatic N) is 2. The van der Waals surface area contributed by atoms with Gasteiger partial charge in [0, 0.05) is 17.5 Å². The maximum atomic E-state index is 14.8. The first kappa shape index (κ1) is 30.2. The molecule has 1 N–H and O–H groups in total. The molecule has 2 bridgehead atoms. The summed E-state index contributed by atoms with van der Waals surface area (Å²) < 4.78 is 10.1. The molecule has 3 saturated heterocycles. The lowest BCUT2D eigenvalue weighted by molar-refractivity contribution is -0.155. The van der Waals surface area contributed by atoms with Gasteiger partial charge in [0.2, 0.25) is 5.91 Å². The standard InChI is InChI=1S/C31H42N2O6S/c1-7-10-16-39-30(37)25-24-17-20(5)31(40-24)26(25)28(35)33(23(18-34)19(4)9-3)27(31)29(36)32(15-8-2)21-11-13-22(38-6)14-12-21/h7-8,11-14,19-20,23-27,34H,1-2,9-10,15-18H2,3-6H3/t19-,20?,23-,24-,25+,26-,27?,31?/m0/s1. The van der Waals surface area contributed by atoms with Crippen LogP contribution in [-0.4, -0.2) is 76.7 Å². The van der Waals surface area contributed by atoms with Gasteiger partial charge in [-0.25, -0.2) is 0 Å². The van der Waals surface area contributed by atoms with Crippen molar-refractivity contribution in [1.29, 1.82) is 0 Å². The van der Waals surface area contributed by atoms with Crippen LogP contribution in [0.2, 0.25) is 0 Å². The van der Waals surface area contributed by atoms with Gasteiger partial charge in [-0.3, -0.25) is 14.4 Å². The summed E-state index contributed by atoms with van der Waals surface area (Å²) in [5.41, 5.74) is 0.660. The van der Waals surface area contributed by atoms with Crippen molar-refractivity contribution in [1.82, 2.24) is 4.90 Å². The molecule has 0 radical (unpaired) electrons. The molecule has 0 aromatic heterocycles. The first-order chi connectivity index (χ1) is 19.2. The Labute approximate surface area is 241 Å². The lowest BCUT2D eigenvalue weighted by Crippen LogP contribution is -2.60. The Bertz CT molecular complexity index is 1130. The highest BCUT2D eigenvalue weighted by atomic mass is 32.2. The Kier molecular flexibility index (Phi) is 9.35. The van der Waals surface area contributed by atoms with Crippen molar-refractivity contribution in [2.45, 2.75) is 62.1 Å². The summed E-state index contributed by atoms with van der Waals surface area (Å²) in [7, 11) is 1.58. The van der Waals surface area contributed by atoms with Crippen LogP contribution in [0, 0.1) is 23.7 Å². The molecule has 1 spiro atoms. The molecule has 8 atom stereocenters. The molecule has 0 saturated carbocycles. The lowest BCUT2D eigenvalue weighted by atomic mass is 9.66. The zero-order valence-corrected chi connectivity index (χ0v) is 24.8. The van der Waals surface area contributed by atoms with E-state index >= 15 is 0 Å². The average Bonchev–Trinajstić information content (AvgIpc) is 3.55. The van der Waals surface area contributed by atoms with Crippen molar-refractivity contribution in [2.75, 3.05) is 31.8 Å². The predicted molar refractivity (Wildman–Crippen MR) is 157 cm³/mol. The summed E-state index contributed by atoms with van der Waals surface area (Å²) in [5, 5.41) is 10.5. The molecule has 3 unspecified atom stereocenters. The number of methoxy groups -OCH3 is 1. The van der Waals surface area contributed by atoms with Crippen LogP contribution >= 0.6 is 11.8 Å². The molecule has 218 valence electrons. The molecule has 4 rings (SSSR count). The first-order valence-corrected chi connectivity index (χ1v) is 15.0. The lowest BCUT2D eigenvalue weighted by Gasteiger charge is -2.43. The fourth-order valence-electron chi connectivity index (χ4n) is 6.88. The Hall–Kier alpha value is -2.78. The number of fused-ring (bicyclic) bond motifs is 1. The second-order valence-corrected chi connectivity index (χ2v) is 12.7. The number of carbonyl (C=O) groups excluding carboxylic acids is 3. The number of rotatable bonds is 13. The van der Waals surface area contributed by atoms with Gasteiger partial charge in [-0.2, -0.15) is 0 Å². The summed E-state index contributed by atoms with van der Waals surface area (Å²) >= 11 is 1.60. The van der Waals surface area contributed by atoms with Gasteiger partial charge in [0.25, 0.3) is 5.91 Å². The quantitative estimate of drug-likeness (QED) is 0.217. The van der Waals surface area contributed by atoms with E-state index in [0.29, 0.717) is 24.3 Å². The molecule has 1 aromatic carbocycles. The number of thioether (sulfide) groups is 1. The van der Waals surface area contributed by atoms with Gasteiger partial charge >= 0.3 is 5.97 Å². The Balaban J connectivity index is 1.83. The Morgan fingerprint density at radius 3 is 2.55 bits per heavy atom. The second kappa shape index (κ2) is 12.4. The van der Waals surface area contributed by atoms with Gasteiger partial charge < -0.3 is 24.4 Å². The van der Waals surface area contributed by atoms with E-state index in [-0.39, 0.29) is 54.6 Å². The van der Waals surface area contributed by atoms with Crippen molar-refractivity contribution in [3.63, 3.8) is 0 Å². The topological polar surface area (TPSA) is 96.4 Å². The van der Waals surface area contributed by atoms with Gasteiger partial charge in [-0.15, -0.1) is 24.9 Å². The van der Waals surface area contributed by atoms with Crippen LogP contribution in [0.5, 0.6) is 5.75 Å². The van der Waals surface area contributed by atoms with E-state index in [4.69, 9.17) is 9.47 Å². The molecule has 0 aliphatic carbocycles. The largest absolute Gasteiger partial charge is 0.497 e. The van der Waals surface area contributed by atoms with Gasteiger partial charge in [-0.05, 0) is 48.9 Å². The number of ether oxygens (including phenoxy) is 2. The molecule has 2 amide bonds. The van der Waals surface area contributed by atoms with E-state index in [1.165, 1.54) is 0 Å².